The predicted molar refractivity (Wildman–Crippen MR) is 117 cm³/mol. The molecule has 2 aromatic heterocycles. The van der Waals surface area contributed by atoms with Gasteiger partial charge in [0.1, 0.15) is 11.6 Å². The van der Waals surface area contributed by atoms with Crippen LogP contribution >= 0.6 is 11.3 Å². The van der Waals surface area contributed by atoms with Crippen molar-refractivity contribution in [2.45, 2.75) is 0 Å². The van der Waals surface area contributed by atoms with E-state index in [-0.39, 0.29) is 12.4 Å². The summed E-state index contributed by atoms with van der Waals surface area (Å²) in [4.78, 5) is 29.2. The van der Waals surface area contributed by atoms with Gasteiger partial charge in [-0.3, -0.25) is 4.79 Å². The largest absolute Gasteiger partial charge is 0.482 e. The van der Waals surface area contributed by atoms with E-state index in [1.807, 2.05) is 17.5 Å². The van der Waals surface area contributed by atoms with Crippen LogP contribution in [0.5, 0.6) is 5.75 Å². The van der Waals surface area contributed by atoms with Crippen molar-refractivity contribution < 1.29 is 23.5 Å². The molecule has 0 unspecified atom stereocenters. The average molecular weight is 452 g/mol. The Balaban J connectivity index is 1.59. The fraction of sp³-hybridized carbons (Fsp3) is 0.0909. The van der Waals surface area contributed by atoms with E-state index in [0.29, 0.717) is 22.9 Å². The van der Waals surface area contributed by atoms with Crippen LogP contribution in [0, 0.1) is 5.82 Å². The van der Waals surface area contributed by atoms with E-state index in [1.54, 1.807) is 36.4 Å². The van der Waals surface area contributed by atoms with Crippen molar-refractivity contribution in [2.75, 3.05) is 19.0 Å². The predicted octanol–water partition coefficient (Wildman–Crippen LogP) is 3.94. The summed E-state index contributed by atoms with van der Waals surface area (Å²) >= 11 is 1.43. The second-order valence-electron chi connectivity index (χ2n) is 6.47. The van der Waals surface area contributed by atoms with Crippen LogP contribution in [0.15, 0.2) is 66.0 Å². The molecule has 0 radical (unpaired) electrons. The minimum absolute atomic E-state index is 0.0847. The van der Waals surface area contributed by atoms with E-state index in [1.165, 1.54) is 35.3 Å². The molecule has 4 aromatic rings. The fourth-order valence-electron chi connectivity index (χ4n) is 2.81. The molecule has 2 heterocycles. The smallest absolute Gasteiger partial charge is 0.343 e. The van der Waals surface area contributed by atoms with Crippen molar-refractivity contribution >= 4 is 28.9 Å². The van der Waals surface area contributed by atoms with Crippen molar-refractivity contribution in [3.05, 3.63) is 77.7 Å². The van der Waals surface area contributed by atoms with Crippen LogP contribution in [0.25, 0.3) is 16.4 Å². The molecule has 32 heavy (non-hydrogen) atoms. The summed E-state index contributed by atoms with van der Waals surface area (Å²) < 4.78 is 25.1. The summed E-state index contributed by atoms with van der Waals surface area (Å²) in [5.74, 6) is -0.782. The minimum atomic E-state index is -0.553. The van der Waals surface area contributed by atoms with E-state index in [0.717, 1.165) is 4.88 Å². The standard InChI is InChI=1S/C22H17FN4O4S/c1-30-19(28)13-31-17-8-3-6-15(12-17)24-22(29)20-25-21(18-9-4-10-32-18)27(26-20)16-7-2-5-14(23)11-16/h2-12H,13H2,1H3,(H,24,29). The number of aromatic nitrogens is 3. The molecule has 4 rings (SSSR count). The van der Waals surface area contributed by atoms with E-state index in [4.69, 9.17) is 4.74 Å². The zero-order valence-corrected chi connectivity index (χ0v) is 17.6. The number of rotatable bonds is 7. The van der Waals surface area contributed by atoms with Gasteiger partial charge in [0.2, 0.25) is 5.82 Å². The number of nitrogens with zero attached hydrogens (tertiary/aromatic N) is 3. The van der Waals surface area contributed by atoms with Crippen molar-refractivity contribution in [3.8, 4) is 22.1 Å². The Bertz CT molecular complexity index is 1260. The number of nitrogens with one attached hydrogen (secondary N) is 1. The third kappa shape index (κ3) is 4.81. The van der Waals surface area contributed by atoms with Gasteiger partial charge in [0.15, 0.2) is 12.4 Å². The maximum Gasteiger partial charge on any atom is 0.343 e. The van der Waals surface area contributed by atoms with Crippen molar-refractivity contribution in [1.29, 1.82) is 0 Å². The maximum atomic E-state index is 13.8. The van der Waals surface area contributed by atoms with Gasteiger partial charge in [0.25, 0.3) is 5.91 Å². The van der Waals surface area contributed by atoms with Gasteiger partial charge in [-0.2, -0.15) is 0 Å². The van der Waals surface area contributed by atoms with E-state index in [9.17, 15) is 14.0 Å². The number of ether oxygens (including phenoxy) is 2. The van der Waals surface area contributed by atoms with Gasteiger partial charge in [-0.1, -0.05) is 18.2 Å². The molecule has 0 aliphatic rings. The highest BCUT2D eigenvalue weighted by molar-refractivity contribution is 7.13. The van der Waals surface area contributed by atoms with Gasteiger partial charge in [-0.05, 0) is 41.8 Å². The third-order valence-electron chi connectivity index (χ3n) is 4.28. The van der Waals surface area contributed by atoms with E-state index >= 15 is 0 Å². The van der Waals surface area contributed by atoms with Crippen molar-refractivity contribution in [1.82, 2.24) is 14.8 Å². The molecule has 2 aromatic carbocycles. The van der Waals surface area contributed by atoms with Gasteiger partial charge in [-0.25, -0.2) is 18.9 Å². The normalized spacial score (nSPS) is 10.6. The number of hydrogen-bond acceptors (Lipinski definition) is 7. The van der Waals surface area contributed by atoms with Gasteiger partial charge in [0, 0.05) is 11.8 Å². The van der Waals surface area contributed by atoms with E-state index in [2.05, 4.69) is 20.1 Å². The number of halogens is 1. The van der Waals surface area contributed by atoms with Crippen LogP contribution < -0.4 is 10.1 Å². The Hall–Kier alpha value is -4.05. The Morgan fingerprint density at radius 2 is 1.97 bits per heavy atom. The molecular weight excluding hydrogens is 435 g/mol. The van der Waals surface area contributed by atoms with Crippen LogP contribution in [0.1, 0.15) is 10.6 Å². The quantitative estimate of drug-likeness (QED) is 0.427. The first-order valence-electron chi connectivity index (χ1n) is 9.41. The summed E-state index contributed by atoms with van der Waals surface area (Å²) in [7, 11) is 1.27. The molecule has 8 nitrogen and oxygen atoms in total. The number of anilines is 1. The topological polar surface area (TPSA) is 95.3 Å². The van der Waals surface area contributed by atoms with Crippen LogP contribution in [-0.4, -0.2) is 40.4 Å². The highest BCUT2D eigenvalue weighted by Gasteiger charge is 2.20. The highest BCUT2D eigenvalue weighted by atomic mass is 32.1. The van der Waals surface area contributed by atoms with E-state index < -0.39 is 17.7 Å². The number of carbonyl (C=O) groups is 2. The Morgan fingerprint density at radius 3 is 2.72 bits per heavy atom. The third-order valence-corrected chi connectivity index (χ3v) is 5.15. The van der Waals surface area contributed by atoms with Crippen molar-refractivity contribution in [2.24, 2.45) is 0 Å². The SMILES string of the molecule is COC(=O)COc1cccc(NC(=O)c2nc(-c3cccs3)n(-c3cccc(F)c3)n2)c1. The molecule has 0 atom stereocenters. The minimum Gasteiger partial charge on any atom is -0.482 e. The molecule has 0 spiro atoms. The molecule has 0 bridgehead atoms. The molecule has 1 amide bonds. The molecule has 10 heteroatoms. The first-order valence-corrected chi connectivity index (χ1v) is 10.3. The number of benzene rings is 2. The molecule has 0 fully saturated rings. The molecular formula is C22H17FN4O4S. The summed E-state index contributed by atoms with van der Waals surface area (Å²) in [5, 5.41) is 8.89. The number of amides is 1. The first-order chi connectivity index (χ1) is 15.5. The van der Waals surface area contributed by atoms with Crippen LogP contribution in [0.3, 0.4) is 0 Å². The van der Waals surface area contributed by atoms with Gasteiger partial charge < -0.3 is 14.8 Å². The van der Waals surface area contributed by atoms with Crippen molar-refractivity contribution in [3.63, 3.8) is 0 Å². The zero-order chi connectivity index (χ0) is 22.5. The average Bonchev–Trinajstić information content (AvgIpc) is 3.47. The second kappa shape index (κ2) is 9.40. The highest BCUT2D eigenvalue weighted by Crippen LogP contribution is 2.26. The molecule has 1 N–H and O–H groups in total. The number of esters is 1. The Morgan fingerprint density at radius 1 is 1.12 bits per heavy atom. The first kappa shape index (κ1) is 21.2. The number of thiophene rings is 1. The molecule has 162 valence electrons. The lowest BCUT2D eigenvalue weighted by atomic mass is 10.3. The Labute approximate surface area is 186 Å². The van der Waals surface area contributed by atoms with Gasteiger partial charge in [0.05, 0.1) is 17.7 Å². The molecule has 0 saturated carbocycles. The fourth-order valence-corrected chi connectivity index (χ4v) is 3.51. The van der Waals surface area contributed by atoms with Crippen LogP contribution in [-0.2, 0) is 9.53 Å². The monoisotopic (exact) mass is 452 g/mol. The number of methoxy groups -OCH3 is 1. The van der Waals surface area contributed by atoms with Gasteiger partial charge >= 0.3 is 5.97 Å². The summed E-state index contributed by atoms with van der Waals surface area (Å²) in [6.07, 6.45) is 0. The molecule has 0 aliphatic carbocycles. The number of hydrogen-bond donors (Lipinski definition) is 1. The van der Waals surface area contributed by atoms with Gasteiger partial charge in [-0.15, -0.1) is 16.4 Å². The second-order valence-corrected chi connectivity index (χ2v) is 7.42. The number of carbonyl (C=O) groups excluding carboxylic acids is 2. The lowest BCUT2D eigenvalue weighted by molar-refractivity contribution is -0.142. The lowest BCUT2D eigenvalue weighted by Gasteiger charge is -2.07. The summed E-state index contributed by atoms with van der Waals surface area (Å²) in [5.41, 5.74) is 0.871. The molecule has 0 aliphatic heterocycles. The van der Waals surface area contributed by atoms with Crippen LogP contribution in [0.4, 0.5) is 10.1 Å². The maximum absolute atomic E-state index is 13.8. The molecule has 0 saturated heterocycles. The summed E-state index contributed by atoms with van der Waals surface area (Å²) in [6.45, 7) is -0.252. The van der Waals surface area contributed by atoms with Crippen LogP contribution in [0.2, 0.25) is 0 Å². The summed E-state index contributed by atoms with van der Waals surface area (Å²) in [6, 6.07) is 16.1. The lowest BCUT2D eigenvalue weighted by Crippen LogP contribution is -2.15. The zero-order valence-electron chi connectivity index (χ0n) is 16.8. The Kier molecular flexibility index (Phi) is 6.22.